The van der Waals surface area contributed by atoms with E-state index in [0.717, 1.165) is 41.3 Å². The summed E-state index contributed by atoms with van der Waals surface area (Å²) >= 11 is 1.37. The Bertz CT molecular complexity index is 710. The van der Waals surface area contributed by atoms with Crippen LogP contribution < -0.4 is 10.2 Å². The molecule has 0 unspecified atom stereocenters. The van der Waals surface area contributed by atoms with E-state index in [0.29, 0.717) is 11.5 Å². The second-order valence-corrected chi connectivity index (χ2v) is 6.64. The molecule has 0 aliphatic heterocycles. The van der Waals surface area contributed by atoms with Gasteiger partial charge in [0, 0.05) is 5.56 Å². The van der Waals surface area contributed by atoms with E-state index in [1.807, 2.05) is 38.1 Å². The van der Waals surface area contributed by atoms with Crippen molar-refractivity contribution in [2.24, 2.45) is 5.10 Å². The summed E-state index contributed by atoms with van der Waals surface area (Å²) in [6, 6.07) is 7.66. The predicted octanol–water partition coefficient (Wildman–Crippen LogP) is 4.09. The van der Waals surface area contributed by atoms with E-state index in [4.69, 9.17) is 4.74 Å². The number of hydrogen-bond donors (Lipinski definition) is 1. The average molecular weight is 345 g/mol. The van der Waals surface area contributed by atoms with Gasteiger partial charge in [-0.3, -0.25) is 4.79 Å². The van der Waals surface area contributed by atoms with Crippen LogP contribution in [0.25, 0.3) is 0 Å². The predicted molar refractivity (Wildman–Crippen MR) is 98.1 cm³/mol. The SMILES string of the molecule is CCCCCOc1ccccc1/C=N/NC(=O)c1sc(C)nc1C. The minimum atomic E-state index is -0.240. The summed E-state index contributed by atoms with van der Waals surface area (Å²) in [5.41, 5.74) is 4.12. The number of ether oxygens (including phenoxy) is 1. The number of nitrogens with zero attached hydrogens (tertiary/aromatic N) is 2. The fraction of sp³-hybridized carbons (Fsp3) is 0.389. The van der Waals surface area contributed by atoms with Gasteiger partial charge in [-0.1, -0.05) is 31.9 Å². The molecule has 1 N–H and O–H groups in total. The summed E-state index contributed by atoms with van der Waals surface area (Å²) < 4.78 is 5.79. The quantitative estimate of drug-likeness (QED) is 0.445. The van der Waals surface area contributed by atoms with Crippen molar-refractivity contribution in [2.75, 3.05) is 6.61 Å². The molecule has 0 atom stereocenters. The highest BCUT2D eigenvalue weighted by molar-refractivity contribution is 7.13. The molecule has 1 aromatic heterocycles. The van der Waals surface area contributed by atoms with Gasteiger partial charge in [-0.15, -0.1) is 11.3 Å². The Balaban J connectivity index is 1.96. The molecule has 24 heavy (non-hydrogen) atoms. The lowest BCUT2D eigenvalue weighted by Gasteiger charge is -2.08. The number of thiazole rings is 1. The molecule has 128 valence electrons. The summed E-state index contributed by atoms with van der Waals surface area (Å²) in [4.78, 5) is 17.0. The highest BCUT2D eigenvalue weighted by Crippen LogP contribution is 2.18. The molecule has 6 heteroatoms. The van der Waals surface area contributed by atoms with Gasteiger partial charge >= 0.3 is 0 Å². The molecule has 0 saturated carbocycles. The van der Waals surface area contributed by atoms with E-state index in [2.05, 4.69) is 22.4 Å². The number of hydrazone groups is 1. The highest BCUT2D eigenvalue weighted by atomic mass is 32.1. The second-order valence-electron chi connectivity index (χ2n) is 5.44. The lowest BCUT2D eigenvalue weighted by atomic mass is 10.2. The van der Waals surface area contributed by atoms with E-state index < -0.39 is 0 Å². The number of amides is 1. The molecule has 0 radical (unpaired) electrons. The third kappa shape index (κ3) is 5.16. The average Bonchev–Trinajstić information content (AvgIpc) is 2.91. The molecule has 1 amide bonds. The zero-order chi connectivity index (χ0) is 17.4. The van der Waals surface area contributed by atoms with Gasteiger partial charge in [-0.05, 0) is 32.4 Å². The van der Waals surface area contributed by atoms with Crippen LogP contribution in [0.1, 0.15) is 52.1 Å². The number of unbranched alkanes of at least 4 members (excludes halogenated alkanes) is 2. The largest absolute Gasteiger partial charge is 0.493 e. The van der Waals surface area contributed by atoms with Crippen molar-refractivity contribution in [2.45, 2.75) is 40.0 Å². The normalized spacial score (nSPS) is 11.0. The summed E-state index contributed by atoms with van der Waals surface area (Å²) in [5.74, 6) is 0.534. The van der Waals surface area contributed by atoms with Gasteiger partial charge < -0.3 is 4.74 Å². The van der Waals surface area contributed by atoms with E-state index in [1.54, 1.807) is 6.21 Å². The Morgan fingerprint density at radius 2 is 2.12 bits per heavy atom. The number of nitrogens with one attached hydrogen (secondary N) is 1. The zero-order valence-corrected chi connectivity index (χ0v) is 15.2. The molecule has 0 aliphatic rings. The lowest BCUT2D eigenvalue weighted by molar-refractivity contribution is 0.0958. The van der Waals surface area contributed by atoms with Crippen molar-refractivity contribution in [1.29, 1.82) is 0 Å². The van der Waals surface area contributed by atoms with Gasteiger partial charge in [0.1, 0.15) is 10.6 Å². The summed E-state index contributed by atoms with van der Waals surface area (Å²) in [5, 5.41) is 4.92. The maximum Gasteiger partial charge on any atom is 0.283 e. The van der Waals surface area contributed by atoms with Crippen LogP contribution in [-0.2, 0) is 0 Å². The Morgan fingerprint density at radius 3 is 2.83 bits per heavy atom. The van der Waals surface area contributed by atoms with Crippen LogP contribution >= 0.6 is 11.3 Å². The van der Waals surface area contributed by atoms with Crippen LogP contribution in [-0.4, -0.2) is 23.7 Å². The molecular weight excluding hydrogens is 322 g/mol. The summed E-state index contributed by atoms with van der Waals surface area (Å²) in [6.45, 7) is 6.55. The first-order valence-electron chi connectivity index (χ1n) is 8.11. The van der Waals surface area contributed by atoms with Gasteiger partial charge in [0.2, 0.25) is 0 Å². The summed E-state index contributed by atoms with van der Waals surface area (Å²) in [6.07, 6.45) is 4.95. The van der Waals surface area contributed by atoms with Crippen LogP contribution in [0.15, 0.2) is 29.4 Å². The minimum absolute atomic E-state index is 0.240. The minimum Gasteiger partial charge on any atom is -0.493 e. The number of aryl methyl sites for hydroxylation is 2. The van der Waals surface area contributed by atoms with Crippen molar-refractivity contribution < 1.29 is 9.53 Å². The first kappa shape index (κ1) is 18.1. The lowest BCUT2D eigenvalue weighted by Crippen LogP contribution is -2.17. The second kappa shape index (κ2) is 9.17. The van der Waals surface area contributed by atoms with Crippen LogP contribution in [0.5, 0.6) is 5.75 Å². The van der Waals surface area contributed by atoms with Gasteiger partial charge in [0.05, 0.1) is 23.5 Å². The fourth-order valence-corrected chi connectivity index (χ4v) is 3.02. The van der Waals surface area contributed by atoms with Crippen LogP contribution in [0, 0.1) is 13.8 Å². The number of carbonyl (C=O) groups is 1. The van der Waals surface area contributed by atoms with E-state index >= 15 is 0 Å². The Morgan fingerprint density at radius 1 is 1.33 bits per heavy atom. The maximum atomic E-state index is 12.1. The third-order valence-electron chi connectivity index (χ3n) is 3.40. The first-order valence-corrected chi connectivity index (χ1v) is 8.92. The Kier molecular flexibility index (Phi) is 6.93. The maximum absolute atomic E-state index is 12.1. The fourth-order valence-electron chi connectivity index (χ4n) is 2.21. The molecule has 0 fully saturated rings. The molecule has 1 heterocycles. The monoisotopic (exact) mass is 345 g/mol. The Hall–Kier alpha value is -2.21. The van der Waals surface area contributed by atoms with Crippen molar-refractivity contribution in [3.05, 3.63) is 45.4 Å². The molecule has 2 rings (SSSR count). The van der Waals surface area contributed by atoms with E-state index in [1.165, 1.54) is 11.3 Å². The van der Waals surface area contributed by atoms with Gasteiger partial charge in [-0.25, -0.2) is 10.4 Å². The van der Waals surface area contributed by atoms with Gasteiger partial charge in [0.15, 0.2) is 0 Å². The molecule has 1 aromatic carbocycles. The molecule has 0 aliphatic carbocycles. The van der Waals surface area contributed by atoms with Crippen LogP contribution in [0.4, 0.5) is 0 Å². The molecular formula is C18H23N3O2S. The number of benzene rings is 1. The first-order chi connectivity index (χ1) is 11.6. The number of rotatable bonds is 8. The standard InChI is InChI=1S/C18H23N3O2S/c1-4-5-8-11-23-16-10-7-6-9-15(16)12-19-21-18(22)17-13(2)20-14(3)24-17/h6-7,9-10,12H,4-5,8,11H2,1-3H3,(H,21,22)/b19-12+. The molecule has 5 nitrogen and oxygen atoms in total. The van der Waals surface area contributed by atoms with Gasteiger partial charge in [-0.2, -0.15) is 5.10 Å². The van der Waals surface area contributed by atoms with Crippen molar-refractivity contribution in [3.63, 3.8) is 0 Å². The number of para-hydroxylation sites is 1. The van der Waals surface area contributed by atoms with Crippen LogP contribution in [0.3, 0.4) is 0 Å². The van der Waals surface area contributed by atoms with Crippen LogP contribution in [0.2, 0.25) is 0 Å². The van der Waals surface area contributed by atoms with Crippen molar-refractivity contribution in [3.8, 4) is 5.75 Å². The number of carbonyl (C=O) groups excluding carboxylic acids is 1. The number of hydrogen-bond acceptors (Lipinski definition) is 5. The van der Waals surface area contributed by atoms with E-state index in [9.17, 15) is 4.79 Å². The molecule has 0 spiro atoms. The molecule has 2 aromatic rings. The van der Waals surface area contributed by atoms with Gasteiger partial charge in [0.25, 0.3) is 5.91 Å². The van der Waals surface area contributed by atoms with Crippen molar-refractivity contribution in [1.82, 2.24) is 10.4 Å². The molecule has 0 saturated heterocycles. The highest BCUT2D eigenvalue weighted by Gasteiger charge is 2.12. The molecule has 0 bridgehead atoms. The van der Waals surface area contributed by atoms with Crippen molar-refractivity contribution >= 4 is 23.5 Å². The Labute approximate surface area is 146 Å². The summed E-state index contributed by atoms with van der Waals surface area (Å²) in [7, 11) is 0. The number of aromatic nitrogens is 1. The topological polar surface area (TPSA) is 63.6 Å². The third-order valence-corrected chi connectivity index (χ3v) is 4.48. The smallest absolute Gasteiger partial charge is 0.283 e. The zero-order valence-electron chi connectivity index (χ0n) is 14.3. The van der Waals surface area contributed by atoms with E-state index in [-0.39, 0.29) is 5.91 Å².